The van der Waals surface area contributed by atoms with E-state index in [-0.39, 0.29) is 17.3 Å². The van der Waals surface area contributed by atoms with Crippen LogP contribution in [0.4, 0.5) is 13.2 Å². The molecule has 1 aliphatic carbocycles. The van der Waals surface area contributed by atoms with E-state index < -0.39 is 12.1 Å². The molecule has 1 N–H and O–H groups in total. The van der Waals surface area contributed by atoms with Crippen molar-refractivity contribution >= 4 is 5.91 Å². The van der Waals surface area contributed by atoms with Crippen molar-refractivity contribution in [1.82, 2.24) is 15.5 Å². The van der Waals surface area contributed by atoms with E-state index in [1.165, 1.54) is 24.3 Å². The van der Waals surface area contributed by atoms with Gasteiger partial charge in [-0.15, -0.1) is 0 Å². The zero-order valence-electron chi connectivity index (χ0n) is 12.3. The number of hydrogen-bond acceptors (Lipinski definition) is 4. The highest BCUT2D eigenvalue weighted by molar-refractivity contribution is 5.95. The summed E-state index contributed by atoms with van der Waals surface area (Å²) in [6, 6.07) is 6.04. The smallest absolute Gasteiger partial charge is 0.347 e. The van der Waals surface area contributed by atoms with Crippen molar-refractivity contribution in [1.29, 1.82) is 0 Å². The minimum absolute atomic E-state index is 0.0922. The molecular weight excluding hydrogens is 311 g/mol. The molecule has 8 heteroatoms. The van der Waals surface area contributed by atoms with E-state index in [2.05, 4.69) is 20.0 Å². The number of amides is 1. The van der Waals surface area contributed by atoms with Gasteiger partial charge in [-0.2, -0.15) is 18.2 Å². The lowest BCUT2D eigenvalue weighted by Gasteiger charge is -2.14. The van der Waals surface area contributed by atoms with E-state index in [9.17, 15) is 18.0 Å². The number of benzene rings is 1. The standard InChI is InChI=1S/C15H14F3N3O2/c1-2-14(7-8-14)20-12(22)10-5-3-9(4-6-10)11-19-13(23-21-11)15(16,17)18/h3-6H,2,7-8H2,1H3,(H,20,22). The van der Waals surface area contributed by atoms with Gasteiger partial charge in [-0.1, -0.05) is 24.2 Å². The highest BCUT2D eigenvalue weighted by Gasteiger charge is 2.42. The van der Waals surface area contributed by atoms with Gasteiger partial charge < -0.3 is 9.84 Å². The molecule has 2 aromatic rings. The lowest BCUT2D eigenvalue weighted by atomic mass is 10.1. The molecule has 0 unspecified atom stereocenters. The summed E-state index contributed by atoms with van der Waals surface area (Å²) in [6.45, 7) is 2.02. The number of alkyl halides is 3. The second kappa shape index (κ2) is 5.36. The SMILES string of the molecule is CCC1(NC(=O)c2ccc(-c3noc(C(F)(F)F)n3)cc2)CC1. The van der Waals surface area contributed by atoms with Crippen LogP contribution in [0.1, 0.15) is 42.4 Å². The Hall–Kier alpha value is -2.38. The van der Waals surface area contributed by atoms with Crippen molar-refractivity contribution < 1.29 is 22.5 Å². The van der Waals surface area contributed by atoms with E-state index in [1.807, 2.05) is 6.92 Å². The lowest BCUT2D eigenvalue weighted by Crippen LogP contribution is -2.36. The summed E-state index contributed by atoms with van der Waals surface area (Å²) in [6.07, 6.45) is -1.86. The minimum atomic E-state index is -4.68. The number of rotatable bonds is 4. The van der Waals surface area contributed by atoms with Crippen LogP contribution in [0.3, 0.4) is 0 Å². The van der Waals surface area contributed by atoms with Crippen LogP contribution in [0.25, 0.3) is 11.4 Å². The molecule has 1 fully saturated rings. The number of halogens is 3. The van der Waals surface area contributed by atoms with Gasteiger partial charge in [0, 0.05) is 16.7 Å². The Labute approximate surface area is 129 Å². The van der Waals surface area contributed by atoms with Gasteiger partial charge in [-0.3, -0.25) is 4.79 Å². The van der Waals surface area contributed by atoms with Gasteiger partial charge in [-0.05, 0) is 31.4 Å². The highest BCUT2D eigenvalue weighted by atomic mass is 19.4. The molecule has 1 heterocycles. The first kappa shape index (κ1) is 15.5. The first-order chi connectivity index (χ1) is 10.8. The van der Waals surface area contributed by atoms with Crippen LogP contribution < -0.4 is 5.32 Å². The molecule has 0 saturated heterocycles. The molecule has 1 amide bonds. The highest BCUT2D eigenvalue weighted by Crippen LogP contribution is 2.38. The van der Waals surface area contributed by atoms with Crippen molar-refractivity contribution in [3.05, 3.63) is 35.7 Å². The van der Waals surface area contributed by atoms with Gasteiger partial charge in [0.1, 0.15) is 0 Å². The largest absolute Gasteiger partial charge is 0.471 e. The molecule has 0 spiro atoms. The number of carbonyl (C=O) groups is 1. The Morgan fingerprint density at radius 1 is 1.30 bits per heavy atom. The predicted molar refractivity (Wildman–Crippen MR) is 74.5 cm³/mol. The Balaban J connectivity index is 1.74. The third-order valence-corrected chi connectivity index (χ3v) is 3.98. The Bertz CT molecular complexity index is 718. The van der Waals surface area contributed by atoms with Gasteiger partial charge >= 0.3 is 12.1 Å². The maximum absolute atomic E-state index is 12.4. The fourth-order valence-electron chi connectivity index (χ4n) is 2.26. The molecule has 0 aliphatic heterocycles. The van der Waals surface area contributed by atoms with Crippen LogP contribution in [0.2, 0.25) is 0 Å². The molecule has 5 nitrogen and oxygen atoms in total. The normalized spacial score (nSPS) is 16.2. The van der Waals surface area contributed by atoms with Crippen molar-refractivity contribution in [2.24, 2.45) is 0 Å². The summed E-state index contributed by atoms with van der Waals surface area (Å²) >= 11 is 0. The summed E-state index contributed by atoms with van der Waals surface area (Å²) in [4.78, 5) is 15.4. The molecule has 1 aromatic heterocycles. The zero-order chi connectivity index (χ0) is 16.7. The van der Waals surface area contributed by atoms with Crippen molar-refractivity contribution in [2.75, 3.05) is 0 Å². The van der Waals surface area contributed by atoms with E-state index in [0.29, 0.717) is 11.1 Å². The van der Waals surface area contributed by atoms with E-state index in [1.54, 1.807) is 0 Å². The van der Waals surface area contributed by atoms with Crippen LogP contribution >= 0.6 is 0 Å². The average molecular weight is 325 g/mol. The van der Waals surface area contributed by atoms with Crippen molar-refractivity contribution in [3.8, 4) is 11.4 Å². The van der Waals surface area contributed by atoms with Gasteiger partial charge in [0.25, 0.3) is 5.91 Å². The van der Waals surface area contributed by atoms with Gasteiger partial charge in [0.2, 0.25) is 5.82 Å². The van der Waals surface area contributed by atoms with E-state index in [0.717, 1.165) is 19.3 Å². The summed E-state index contributed by atoms with van der Waals surface area (Å²) in [5.41, 5.74) is 0.691. The van der Waals surface area contributed by atoms with E-state index in [4.69, 9.17) is 0 Å². The molecule has 1 aromatic carbocycles. The third kappa shape index (κ3) is 3.20. The van der Waals surface area contributed by atoms with Crippen LogP contribution in [-0.4, -0.2) is 21.6 Å². The summed E-state index contributed by atoms with van der Waals surface area (Å²) in [7, 11) is 0. The van der Waals surface area contributed by atoms with Crippen molar-refractivity contribution in [2.45, 2.75) is 37.9 Å². The Kier molecular flexibility index (Phi) is 3.62. The zero-order valence-corrected chi connectivity index (χ0v) is 12.3. The quantitative estimate of drug-likeness (QED) is 0.935. The van der Waals surface area contributed by atoms with Crippen molar-refractivity contribution in [3.63, 3.8) is 0 Å². The van der Waals surface area contributed by atoms with Gasteiger partial charge in [0.05, 0.1) is 0 Å². The molecule has 23 heavy (non-hydrogen) atoms. The van der Waals surface area contributed by atoms with Crippen LogP contribution in [0.15, 0.2) is 28.8 Å². The van der Waals surface area contributed by atoms with Crippen LogP contribution in [-0.2, 0) is 6.18 Å². The topological polar surface area (TPSA) is 68.0 Å². The number of nitrogens with one attached hydrogen (secondary N) is 1. The maximum Gasteiger partial charge on any atom is 0.471 e. The second-order valence-electron chi connectivity index (χ2n) is 5.59. The number of hydrogen-bond donors (Lipinski definition) is 1. The molecule has 1 aliphatic rings. The Morgan fingerprint density at radius 3 is 2.43 bits per heavy atom. The number of carbonyl (C=O) groups excluding carboxylic acids is 1. The number of nitrogens with zero attached hydrogens (tertiary/aromatic N) is 2. The molecular formula is C15H14F3N3O2. The van der Waals surface area contributed by atoms with Gasteiger partial charge in [-0.25, -0.2) is 0 Å². The average Bonchev–Trinajstić information content (AvgIpc) is 3.10. The predicted octanol–water partition coefficient (Wildman–Crippen LogP) is 3.43. The lowest BCUT2D eigenvalue weighted by molar-refractivity contribution is -0.159. The molecule has 0 atom stereocenters. The first-order valence-electron chi connectivity index (χ1n) is 7.17. The first-order valence-corrected chi connectivity index (χ1v) is 7.17. The number of aromatic nitrogens is 2. The Morgan fingerprint density at radius 2 is 1.96 bits per heavy atom. The van der Waals surface area contributed by atoms with E-state index >= 15 is 0 Å². The van der Waals surface area contributed by atoms with Crippen LogP contribution in [0.5, 0.6) is 0 Å². The second-order valence-corrected chi connectivity index (χ2v) is 5.59. The maximum atomic E-state index is 12.4. The molecule has 3 rings (SSSR count). The summed E-state index contributed by atoms with van der Waals surface area (Å²) < 4.78 is 41.5. The summed E-state index contributed by atoms with van der Waals surface area (Å²) in [5.74, 6) is -1.76. The van der Waals surface area contributed by atoms with Gasteiger partial charge in [0.15, 0.2) is 0 Å². The summed E-state index contributed by atoms with van der Waals surface area (Å²) in [5, 5.41) is 6.28. The fraction of sp³-hybridized carbons (Fsp3) is 0.400. The minimum Gasteiger partial charge on any atom is -0.347 e. The van der Waals surface area contributed by atoms with Crippen LogP contribution in [0, 0.1) is 0 Å². The molecule has 0 bridgehead atoms. The monoisotopic (exact) mass is 325 g/mol. The molecule has 1 saturated carbocycles. The third-order valence-electron chi connectivity index (χ3n) is 3.98. The molecule has 122 valence electrons. The molecule has 0 radical (unpaired) electrons. The fourth-order valence-corrected chi connectivity index (χ4v) is 2.26.